The predicted octanol–water partition coefficient (Wildman–Crippen LogP) is 2.54. The van der Waals surface area contributed by atoms with Crippen molar-refractivity contribution in [1.29, 1.82) is 0 Å². The van der Waals surface area contributed by atoms with E-state index in [1.54, 1.807) is 0 Å². The van der Waals surface area contributed by atoms with Gasteiger partial charge in [-0.2, -0.15) is 0 Å². The van der Waals surface area contributed by atoms with E-state index in [0.717, 1.165) is 24.5 Å². The van der Waals surface area contributed by atoms with E-state index in [9.17, 15) is 0 Å². The topological polar surface area (TPSA) is 42.2 Å². The number of pyridine rings is 1. The summed E-state index contributed by atoms with van der Waals surface area (Å²) < 4.78 is 5.31. The van der Waals surface area contributed by atoms with Crippen LogP contribution >= 0.6 is 0 Å². The molecule has 4 heteroatoms. The molecule has 0 radical (unpaired) electrons. The molecule has 2 aromatic rings. The molecule has 4 nitrogen and oxygen atoms in total. The second kappa shape index (κ2) is 4.90. The highest BCUT2D eigenvalue weighted by Crippen LogP contribution is 2.29. The number of nitrogens with zero attached hydrogens (tertiary/aromatic N) is 3. The van der Waals surface area contributed by atoms with Gasteiger partial charge in [-0.3, -0.25) is 9.88 Å². The Kier molecular flexibility index (Phi) is 3.11. The molecular formula is C14H17N3O. The molecule has 0 amide bonds. The molecule has 3 rings (SSSR count). The minimum atomic E-state index is 0.698. The Morgan fingerprint density at radius 3 is 2.67 bits per heavy atom. The summed E-state index contributed by atoms with van der Waals surface area (Å²) in [5.41, 5.74) is 2.25. The van der Waals surface area contributed by atoms with Crippen LogP contribution in [0.5, 0.6) is 0 Å². The molecule has 1 aliphatic rings. The lowest BCUT2D eigenvalue weighted by molar-refractivity contribution is 0.214. The molecule has 0 bridgehead atoms. The van der Waals surface area contributed by atoms with Crippen molar-refractivity contribution in [3.8, 4) is 0 Å². The van der Waals surface area contributed by atoms with E-state index in [2.05, 4.69) is 27.2 Å². The Balaban J connectivity index is 1.69. The van der Waals surface area contributed by atoms with E-state index in [4.69, 9.17) is 4.52 Å². The molecule has 94 valence electrons. The summed E-state index contributed by atoms with van der Waals surface area (Å²) in [6.45, 7) is 3.75. The highest BCUT2D eigenvalue weighted by atomic mass is 16.5. The van der Waals surface area contributed by atoms with Crippen LogP contribution in [0, 0.1) is 6.92 Å². The first-order chi connectivity index (χ1) is 8.81. The summed E-state index contributed by atoms with van der Waals surface area (Å²) in [4.78, 5) is 6.51. The van der Waals surface area contributed by atoms with Crippen molar-refractivity contribution in [3.63, 3.8) is 0 Å². The lowest BCUT2D eigenvalue weighted by Crippen LogP contribution is -2.24. The summed E-state index contributed by atoms with van der Waals surface area (Å²) in [5.74, 6) is 0.952. The van der Waals surface area contributed by atoms with Crippen LogP contribution in [-0.2, 0) is 13.1 Å². The molecule has 0 aliphatic heterocycles. The number of aryl methyl sites for hydroxylation is 1. The van der Waals surface area contributed by atoms with Crippen LogP contribution in [0.4, 0.5) is 0 Å². The smallest absolute Gasteiger partial charge is 0.150 e. The first-order valence-electron chi connectivity index (χ1n) is 6.36. The highest BCUT2D eigenvalue weighted by molar-refractivity contribution is 5.11. The fourth-order valence-electron chi connectivity index (χ4n) is 2.17. The van der Waals surface area contributed by atoms with Gasteiger partial charge in [0.1, 0.15) is 0 Å². The first-order valence-corrected chi connectivity index (χ1v) is 6.36. The molecule has 1 fully saturated rings. The van der Waals surface area contributed by atoms with Gasteiger partial charge in [-0.1, -0.05) is 5.16 Å². The summed E-state index contributed by atoms with van der Waals surface area (Å²) >= 11 is 0. The molecule has 0 N–H and O–H groups in total. The minimum Gasteiger partial charge on any atom is -0.360 e. The van der Waals surface area contributed by atoms with Gasteiger partial charge in [0, 0.05) is 31.0 Å². The third-order valence-corrected chi connectivity index (χ3v) is 3.23. The third-order valence-electron chi connectivity index (χ3n) is 3.23. The van der Waals surface area contributed by atoms with Crippen molar-refractivity contribution in [2.75, 3.05) is 0 Å². The quantitative estimate of drug-likeness (QED) is 0.809. The lowest BCUT2D eigenvalue weighted by Gasteiger charge is -2.20. The zero-order chi connectivity index (χ0) is 12.4. The zero-order valence-corrected chi connectivity index (χ0v) is 10.5. The van der Waals surface area contributed by atoms with Gasteiger partial charge in [0.25, 0.3) is 0 Å². The minimum absolute atomic E-state index is 0.698. The van der Waals surface area contributed by atoms with Gasteiger partial charge in [-0.05, 0) is 37.5 Å². The molecule has 18 heavy (non-hydrogen) atoms. The van der Waals surface area contributed by atoms with Crippen molar-refractivity contribution < 1.29 is 4.52 Å². The van der Waals surface area contributed by atoms with Crippen LogP contribution in [0.2, 0.25) is 0 Å². The summed E-state index contributed by atoms with van der Waals surface area (Å²) in [5, 5.41) is 3.94. The lowest BCUT2D eigenvalue weighted by atomic mass is 10.2. The standard InChI is InChI=1S/C14H17N3O/c1-11-8-14(18-16-11)10-17(13-2-3-13)9-12-4-6-15-7-5-12/h4-8,13H,2-3,9-10H2,1H3. The number of hydrogen-bond acceptors (Lipinski definition) is 4. The average Bonchev–Trinajstić information content (AvgIpc) is 3.15. The van der Waals surface area contributed by atoms with E-state index < -0.39 is 0 Å². The fraction of sp³-hybridized carbons (Fsp3) is 0.429. The van der Waals surface area contributed by atoms with Crippen molar-refractivity contribution in [2.24, 2.45) is 0 Å². The zero-order valence-electron chi connectivity index (χ0n) is 10.5. The van der Waals surface area contributed by atoms with Gasteiger partial charge in [0.2, 0.25) is 0 Å². The molecule has 2 aromatic heterocycles. The maximum Gasteiger partial charge on any atom is 0.150 e. The summed E-state index contributed by atoms with van der Waals surface area (Å²) in [6, 6.07) is 6.85. The van der Waals surface area contributed by atoms with Crippen LogP contribution in [0.3, 0.4) is 0 Å². The highest BCUT2D eigenvalue weighted by Gasteiger charge is 2.29. The van der Waals surface area contributed by atoms with Gasteiger partial charge >= 0.3 is 0 Å². The Hall–Kier alpha value is -1.68. The monoisotopic (exact) mass is 243 g/mol. The van der Waals surface area contributed by atoms with E-state index in [-0.39, 0.29) is 0 Å². The number of rotatable bonds is 5. The number of aromatic nitrogens is 2. The second-order valence-electron chi connectivity index (χ2n) is 4.93. The van der Waals surface area contributed by atoms with Crippen LogP contribution in [0.25, 0.3) is 0 Å². The van der Waals surface area contributed by atoms with Gasteiger partial charge in [0.15, 0.2) is 5.76 Å². The number of hydrogen-bond donors (Lipinski definition) is 0. The van der Waals surface area contributed by atoms with Crippen LogP contribution < -0.4 is 0 Å². The Bertz CT molecular complexity index is 505. The van der Waals surface area contributed by atoms with Crippen molar-refractivity contribution in [2.45, 2.75) is 38.9 Å². The van der Waals surface area contributed by atoms with Gasteiger partial charge in [-0.25, -0.2) is 0 Å². The third kappa shape index (κ3) is 2.76. The van der Waals surface area contributed by atoms with Crippen molar-refractivity contribution in [1.82, 2.24) is 15.0 Å². The van der Waals surface area contributed by atoms with Gasteiger partial charge < -0.3 is 4.52 Å². The summed E-state index contributed by atoms with van der Waals surface area (Å²) in [6.07, 6.45) is 6.27. The SMILES string of the molecule is Cc1cc(CN(Cc2ccncc2)C2CC2)on1. The molecule has 0 unspecified atom stereocenters. The van der Waals surface area contributed by atoms with Crippen LogP contribution in [0.1, 0.15) is 29.9 Å². The molecular weight excluding hydrogens is 226 g/mol. The Morgan fingerprint density at radius 1 is 1.28 bits per heavy atom. The van der Waals surface area contributed by atoms with Crippen molar-refractivity contribution >= 4 is 0 Å². The molecule has 1 saturated carbocycles. The van der Waals surface area contributed by atoms with E-state index in [1.165, 1.54) is 18.4 Å². The Morgan fingerprint density at radius 2 is 2.06 bits per heavy atom. The molecule has 0 spiro atoms. The van der Waals surface area contributed by atoms with E-state index in [1.807, 2.05) is 25.4 Å². The molecule has 0 saturated heterocycles. The normalized spacial score (nSPS) is 15.2. The predicted molar refractivity (Wildman–Crippen MR) is 67.7 cm³/mol. The largest absolute Gasteiger partial charge is 0.360 e. The second-order valence-corrected chi connectivity index (χ2v) is 4.93. The maximum absolute atomic E-state index is 5.31. The van der Waals surface area contributed by atoms with Crippen molar-refractivity contribution in [3.05, 3.63) is 47.6 Å². The van der Waals surface area contributed by atoms with Gasteiger partial charge in [-0.15, -0.1) is 0 Å². The fourth-order valence-corrected chi connectivity index (χ4v) is 2.17. The van der Waals surface area contributed by atoms with E-state index in [0.29, 0.717) is 6.04 Å². The Labute approximate surface area is 107 Å². The molecule has 0 aromatic carbocycles. The first kappa shape index (κ1) is 11.4. The van der Waals surface area contributed by atoms with E-state index >= 15 is 0 Å². The maximum atomic E-state index is 5.31. The average molecular weight is 243 g/mol. The molecule has 1 aliphatic carbocycles. The van der Waals surface area contributed by atoms with Crippen LogP contribution in [-0.4, -0.2) is 21.1 Å². The molecule has 2 heterocycles. The molecule has 0 atom stereocenters. The van der Waals surface area contributed by atoms with Gasteiger partial charge in [0.05, 0.1) is 12.2 Å². The summed E-state index contributed by atoms with van der Waals surface area (Å²) in [7, 11) is 0. The van der Waals surface area contributed by atoms with Crippen LogP contribution in [0.15, 0.2) is 35.1 Å².